The molecule has 4 rings (SSSR count). The smallest absolute Gasteiger partial charge is 0.261 e. The van der Waals surface area contributed by atoms with E-state index >= 15 is 0 Å². The molecule has 1 aliphatic rings. The minimum absolute atomic E-state index is 0.146. The highest BCUT2D eigenvalue weighted by Crippen LogP contribution is 2.44. The van der Waals surface area contributed by atoms with Crippen LogP contribution in [0.4, 0.5) is 5.95 Å². The van der Waals surface area contributed by atoms with E-state index in [-0.39, 0.29) is 5.56 Å². The molecule has 5 nitrogen and oxygen atoms in total. The molecule has 19 heavy (non-hydrogen) atoms. The van der Waals surface area contributed by atoms with Crippen LogP contribution >= 0.6 is 11.3 Å². The Kier molecular flexibility index (Phi) is 2.06. The first-order valence-electron chi connectivity index (χ1n) is 5.88. The van der Waals surface area contributed by atoms with E-state index in [0.717, 1.165) is 22.4 Å². The number of aromatic nitrogens is 2. The molecule has 3 aromatic rings. The van der Waals surface area contributed by atoms with Crippen LogP contribution in [0.5, 0.6) is 0 Å². The zero-order chi connectivity index (χ0) is 13.0. The van der Waals surface area contributed by atoms with E-state index < -0.39 is 0 Å². The molecule has 0 atom stereocenters. The number of thiophene rings is 1. The lowest BCUT2D eigenvalue weighted by molar-refractivity contribution is 1.13. The largest absolute Gasteiger partial charge is 0.294 e. The van der Waals surface area contributed by atoms with Crippen LogP contribution in [0.1, 0.15) is 10.4 Å². The van der Waals surface area contributed by atoms with Gasteiger partial charge in [0, 0.05) is 16.9 Å². The first-order valence-corrected chi connectivity index (χ1v) is 6.70. The molecule has 0 saturated carbocycles. The molecule has 0 saturated heterocycles. The molecule has 2 heterocycles. The summed E-state index contributed by atoms with van der Waals surface area (Å²) in [6.07, 6.45) is 0.872. The van der Waals surface area contributed by atoms with Gasteiger partial charge in [0.2, 0.25) is 5.95 Å². The standard InChI is InChI=1S/C13H10N4OS/c14-17-13-15-11(18)10-9-7-4-2-1-3-6(7)5-8(9)19-12(10)16-13/h1-4H,5,14H2,(H2,15,16,17,18). The zero-order valence-electron chi connectivity index (χ0n) is 9.86. The van der Waals surface area contributed by atoms with Gasteiger partial charge in [-0.3, -0.25) is 15.2 Å². The maximum atomic E-state index is 12.2. The quantitative estimate of drug-likeness (QED) is 0.364. The first kappa shape index (κ1) is 10.7. The zero-order valence-corrected chi connectivity index (χ0v) is 10.7. The SMILES string of the molecule is NNc1nc2sc3c(c2c(=O)[nH]1)-c1ccccc1C3. The van der Waals surface area contributed by atoms with Crippen molar-refractivity contribution in [2.45, 2.75) is 6.42 Å². The van der Waals surface area contributed by atoms with Crippen LogP contribution in [-0.2, 0) is 6.42 Å². The average Bonchev–Trinajstić information content (AvgIpc) is 2.93. The van der Waals surface area contributed by atoms with Crippen molar-refractivity contribution in [1.29, 1.82) is 0 Å². The van der Waals surface area contributed by atoms with Crippen LogP contribution in [0, 0.1) is 0 Å². The summed E-state index contributed by atoms with van der Waals surface area (Å²) in [5.41, 5.74) is 5.69. The van der Waals surface area contributed by atoms with Crippen molar-refractivity contribution in [3.63, 3.8) is 0 Å². The molecule has 0 fully saturated rings. The predicted octanol–water partition coefficient (Wildman–Crippen LogP) is 1.84. The van der Waals surface area contributed by atoms with Crippen molar-refractivity contribution in [3.8, 4) is 11.1 Å². The van der Waals surface area contributed by atoms with Gasteiger partial charge in [0.15, 0.2) is 0 Å². The van der Waals surface area contributed by atoms with Crippen LogP contribution in [-0.4, -0.2) is 9.97 Å². The van der Waals surface area contributed by atoms with Gasteiger partial charge in [-0.25, -0.2) is 10.8 Å². The van der Waals surface area contributed by atoms with E-state index in [2.05, 4.69) is 27.5 Å². The second-order valence-corrected chi connectivity index (χ2v) is 5.56. The fourth-order valence-corrected chi connectivity index (χ4v) is 3.83. The topological polar surface area (TPSA) is 83.8 Å². The molecule has 4 N–H and O–H groups in total. The molecule has 1 aromatic carbocycles. The summed E-state index contributed by atoms with van der Waals surface area (Å²) in [6, 6.07) is 8.18. The van der Waals surface area contributed by atoms with E-state index in [1.807, 2.05) is 12.1 Å². The lowest BCUT2D eigenvalue weighted by atomic mass is 10.1. The van der Waals surface area contributed by atoms with E-state index in [1.165, 1.54) is 10.4 Å². The summed E-state index contributed by atoms with van der Waals surface area (Å²) in [4.78, 5) is 21.1. The molecule has 0 bridgehead atoms. The Hall–Kier alpha value is -2.18. The van der Waals surface area contributed by atoms with E-state index in [9.17, 15) is 4.79 Å². The van der Waals surface area contributed by atoms with Crippen molar-refractivity contribution in [3.05, 3.63) is 45.1 Å². The number of H-pyrrole nitrogens is 1. The normalized spacial score (nSPS) is 12.5. The Morgan fingerprint density at radius 1 is 1.37 bits per heavy atom. The third kappa shape index (κ3) is 1.38. The lowest BCUT2D eigenvalue weighted by Gasteiger charge is -2.01. The second-order valence-electron chi connectivity index (χ2n) is 4.47. The molecule has 0 spiro atoms. The minimum atomic E-state index is -0.146. The lowest BCUT2D eigenvalue weighted by Crippen LogP contribution is -2.16. The number of benzene rings is 1. The third-order valence-corrected chi connectivity index (χ3v) is 4.49. The second kappa shape index (κ2) is 3.66. The van der Waals surface area contributed by atoms with Gasteiger partial charge in [-0.2, -0.15) is 0 Å². The number of rotatable bonds is 1. The molecule has 94 valence electrons. The third-order valence-electron chi connectivity index (χ3n) is 3.41. The number of nitrogen functional groups attached to an aromatic ring is 1. The van der Waals surface area contributed by atoms with Gasteiger partial charge in [-0.1, -0.05) is 24.3 Å². The number of hydrogen-bond donors (Lipinski definition) is 3. The highest BCUT2D eigenvalue weighted by atomic mass is 32.1. The molecule has 0 aliphatic heterocycles. The van der Waals surface area contributed by atoms with Crippen molar-refractivity contribution in [2.24, 2.45) is 5.84 Å². The van der Waals surface area contributed by atoms with Crippen molar-refractivity contribution >= 4 is 27.5 Å². The number of nitrogens with two attached hydrogens (primary N) is 1. The molecular weight excluding hydrogens is 260 g/mol. The monoisotopic (exact) mass is 270 g/mol. The van der Waals surface area contributed by atoms with E-state index in [1.54, 1.807) is 11.3 Å². The summed E-state index contributed by atoms with van der Waals surface area (Å²) in [5, 5.41) is 0.670. The Morgan fingerprint density at radius 3 is 3.05 bits per heavy atom. The summed E-state index contributed by atoms with van der Waals surface area (Å²) in [5.74, 6) is 5.60. The molecule has 0 radical (unpaired) electrons. The van der Waals surface area contributed by atoms with Gasteiger partial charge < -0.3 is 0 Å². The van der Waals surface area contributed by atoms with Crippen LogP contribution < -0.4 is 16.8 Å². The Balaban J connectivity index is 2.12. The Labute approximate surface area is 112 Å². The Bertz CT molecular complexity index is 865. The number of aromatic amines is 1. The molecule has 6 heteroatoms. The average molecular weight is 270 g/mol. The van der Waals surface area contributed by atoms with Gasteiger partial charge in [-0.05, 0) is 11.1 Å². The van der Waals surface area contributed by atoms with Crippen molar-refractivity contribution in [1.82, 2.24) is 9.97 Å². The summed E-state index contributed by atoms with van der Waals surface area (Å²) in [7, 11) is 0. The number of fused-ring (bicyclic) bond motifs is 5. The Morgan fingerprint density at radius 2 is 2.21 bits per heavy atom. The molecule has 1 aliphatic carbocycles. The fraction of sp³-hybridized carbons (Fsp3) is 0.0769. The minimum Gasteiger partial charge on any atom is -0.294 e. The van der Waals surface area contributed by atoms with E-state index in [4.69, 9.17) is 5.84 Å². The molecular formula is C13H10N4OS. The maximum Gasteiger partial charge on any atom is 0.261 e. The highest BCUT2D eigenvalue weighted by molar-refractivity contribution is 7.19. The van der Waals surface area contributed by atoms with Crippen LogP contribution in [0.25, 0.3) is 21.3 Å². The van der Waals surface area contributed by atoms with Crippen molar-refractivity contribution in [2.75, 3.05) is 5.43 Å². The van der Waals surface area contributed by atoms with Crippen LogP contribution in [0.3, 0.4) is 0 Å². The predicted molar refractivity (Wildman–Crippen MR) is 76.3 cm³/mol. The fourth-order valence-electron chi connectivity index (χ4n) is 2.62. The maximum absolute atomic E-state index is 12.2. The number of nitrogens with one attached hydrogen (secondary N) is 2. The number of anilines is 1. The highest BCUT2D eigenvalue weighted by Gasteiger charge is 2.25. The first-order chi connectivity index (χ1) is 9.28. The van der Waals surface area contributed by atoms with Gasteiger partial charge >= 0.3 is 0 Å². The van der Waals surface area contributed by atoms with Crippen LogP contribution in [0.2, 0.25) is 0 Å². The van der Waals surface area contributed by atoms with Gasteiger partial charge in [0.05, 0.1) is 5.39 Å². The summed E-state index contributed by atoms with van der Waals surface area (Å²) < 4.78 is 0. The number of hydrazine groups is 1. The van der Waals surface area contributed by atoms with Crippen molar-refractivity contribution < 1.29 is 0 Å². The number of nitrogens with zero attached hydrogens (tertiary/aromatic N) is 1. The molecule has 2 aromatic heterocycles. The van der Waals surface area contributed by atoms with Crippen LogP contribution in [0.15, 0.2) is 29.1 Å². The van der Waals surface area contributed by atoms with E-state index in [0.29, 0.717) is 11.3 Å². The molecule has 0 unspecified atom stereocenters. The van der Waals surface area contributed by atoms with Gasteiger partial charge in [0.1, 0.15) is 4.83 Å². The summed E-state index contributed by atoms with van der Waals surface area (Å²) >= 11 is 1.56. The van der Waals surface area contributed by atoms with Gasteiger partial charge in [-0.15, -0.1) is 11.3 Å². The number of hydrogen-bond acceptors (Lipinski definition) is 5. The van der Waals surface area contributed by atoms with Gasteiger partial charge in [0.25, 0.3) is 5.56 Å². The molecule has 0 amide bonds. The summed E-state index contributed by atoms with van der Waals surface area (Å²) in [6.45, 7) is 0.